The highest BCUT2D eigenvalue weighted by Gasteiger charge is 2.23. The first-order valence-electron chi connectivity index (χ1n) is 5.87. The fourth-order valence-corrected chi connectivity index (χ4v) is 4.83. The maximum absolute atomic E-state index is 12.2. The Morgan fingerprint density at radius 2 is 1.35 bits per heavy atom. The summed E-state index contributed by atoms with van der Waals surface area (Å²) in [7, 11) is -8.40. The van der Waals surface area contributed by atoms with Crippen molar-refractivity contribution in [3.05, 3.63) is 57.5 Å². The summed E-state index contributed by atoms with van der Waals surface area (Å²) in [5.74, 6) is 0. The Morgan fingerprint density at radius 3 is 1.96 bits per heavy atom. The van der Waals surface area contributed by atoms with Crippen molar-refractivity contribution < 1.29 is 16.8 Å². The molecule has 0 bridgehead atoms. The summed E-state index contributed by atoms with van der Waals surface area (Å²) in [6.45, 7) is 0. The van der Waals surface area contributed by atoms with Gasteiger partial charge in [0.2, 0.25) is 0 Å². The Hall–Kier alpha value is -0.870. The molecule has 0 radical (unpaired) electrons. The highest BCUT2D eigenvalue weighted by molar-refractivity contribution is 7.92. The Morgan fingerprint density at radius 1 is 0.783 bits per heavy atom. The largest absolute Gasteiger partial charge is 0.255 e. The van der Waals surface area contributed by atoms with E-state index in [4.69, 9.17) is 34.8 Å². The zero-order chi connectivity index (χ0) is 17.3. The lowest BCUT2D eigenvalue weighted by Crippen LogP contribution is -2.41. The molecule has 2 aromatic carbocycles. The number of rotatable bonds is 5. The van der Waals surface area contributed by atoms with E-state index in [1.165, 1.54) is 30.3 Å². The van der Waals surface area contributed by atoms with Crippen molar-refractivity contribution in [2.75, 3.05) is 0 Å². The molecule has 0 saturated carbocycles. The first-order chi connectivity index (χ1) is 10.6. The first-order valence-corrected chi connectivity index (χ1v) is 9.97. The lowest BCUT2D eigenvalue weighted by molar-refractivity contribution is 0.558. The number of hydrazine groups is 1. The molecule has 0 aromatic heterocycles. The molecule has 23 heavy (non-hydrogen) atoms. The van der Waals surface area contributed by atoms with Crippen LogP contribution in [0.2, 0.25) is 15.1 Å². The van der Waals surface area contributed by atoms with E-state index in [2.05, 4.69) is 0 Å². The molecule has 6 nitrogen and oxygen atoms in total. The third-order valence-corrected chi connectivity index (χ3v) is 6.41. The number of benzene rings is 2. The van der Waals surface area contributed by atoms with Gasteiger partial charge in [0.05, 0.1) is 14.9 Å². The Balaban J connectivity index is 2.30. The van der Waals surface area contributed by atoms with Crippen LogP contribution in [0.25, 0.3) is 0 Å². The molecule has 11 heteroatoms. The van der Waals surface area contributed by atoms with Crippen molar-refractivity contribution in [3.63, 3.8) is 0 Å². The molecule has 0 atom stereocenters. The zero-order valence-electron chi connectivity index (χ0n) is 11.1. The summed E-state index contributed by atoms with van der Waals surface area (Å²) in [5, 5.41) is -0.321. The summed E-state index contributed by atoms with van der Waals surface area (Å²) in [5.41, 5.74) is 0. The van der Waals surface area contributed by atoms with E-state index < -0.39 is 24.9 Å². The molecule has 2 rings (SSSR count). The minimum absolute atomic E-state index is 0.0330. The quantitative estimate of drug-likeness (QED) is 0.580. The van der Waals surface area contributed by atoms with Gasteiger partial charge in [-0.15, -0.1) is 9.66 Å². The van der Waals surface area contributed by atoms with Gasteiger partial charge in [0.1, 0.15) is 4.90 Å². The van der Waals surface area contributed by atoms with Crippen LogP contribution in [-0.2, 0) is 20.0 Å². The summed E-state index contributed by atoms with van der Waals surface area (Å²) in [6, 6.07) is 9.54. The molecule has 0 saturated heterocycles. The van der Waals surface area contributed by atoms with Crippen LogP contribution in [0, 0.1) is 0 Å². The molecule has 0 heterocycles. The average Bonchev–Trinajstić information content (AvgIpc) is 2.50. The highest BCUT2D eigenvalue weighted by atomic mass is 35.5. The van der Waals surface area contributed by atoms with Crippen LogP contribution in [0.5, 0.6) is 0 Å². The van der Waals surface area contributed by atoms with E-state index >= 15 is 0 Å². The maximum Gasteiger partial charge on any atom is 0.255 e. The maximum atomic E-state index is 12.2. The van der Waals surface area contributed by atoms with Gasteiger partial charge in [-0.25, -0.2) is 16.8 Å². The van der Waals surface area contributed by atoms with Crippen LogP contribution in [0.15, 0.2) is 52.3 Å². The van der Waals surface area contributed by atoms with Gasteiger partial charge < -0.3 is 0 Å². The highest BCUT2D eigenvalue weighted by Crippen LogP contribution is 2.32. The molecule has 0 aliphatic carbocycles. The van der Waals surface area contributed by atoms with Crippen molar-refractivity contribution in [2.45, 2.75) is 9.79 Å². The SMILES string of the molecule is O=S(=O)(NNS(=O)(=O)c1cc(Cl)cc(Cl)c1Cl)c1ccccc1. The monoisotopic (exact) mass is 414 g/mol. The molecule has 0 amide bonds. The lowest BCUT2D eigenvalue weighted by atomic mass is 10.4. The van der Waals surface area contributed by atoms with Crippen molar-refractivity contribution in [3.8, 4) is 0 Å². The summed E-state index contributed by atoms with van der Waals surface area (Å²) in [4.78, 5) is 2.95. The fourth-order valence-electron chi connectivity index (χ4n) is 1.55. The van der Waals surface area contributed by atoms with Gasteiger partial charge in [0.25, 0.3) is 20.0 Å². The number of hydrogen-bond donors (Lipinski definition) is 2. The van der Waals surface area contributed by atoms with E-state index in [0.29, 0.717) is 0 Å². The van der Waals surface area contributed by atoms with Crippen molar-refractivity contribution >= 4 is 54.8 Å². The van der Waals surface area contributed by atoms with Gasteiger partial charge in [-0.2, -0.15) is 0 Å². The second-order valence-electron chi connectivity index (χ2n) is 4.22. The van der Waals surface area contributed by atoms with Crippen LogP contribution >= 0.6 is 34.8 Å². The van der Waals surface area contributed by atoms with Crippen molar-refractivity contribution in [1.82, 2.24) is 9.66 Å². The molecule has 0 fully saturated rings. The topological polar surface area (TPSA) is 92.3 Å². The second kappa shape index (κ2) is 6.94. The van der Waals surface area contributed by atoms with Gasteiger partial charge in [0, 0.05) is 5.02 Å². The third-order valence-electron chi connectivity index (χ3n) is 2.61. The predicted molar refractivity (Wildman–Crippen MR) is 88.6 cm³/mol. The van der Waals surface area contributed by atoms with Crippen LogP contribution in [-0.4, -0.2) is 16.8 Å². The first kappa shape index (κ1) is 18.5. The van der Waals surface area contributed by atoms with Crippen molar-refractivity contribution in [1.29, 1.82) is 0 Å². The number of hydrogen-bond acceptors (Lipinski definition) is 4. The van der Waals surface area contributed by atoms with Crippen molar-refractivity contribution in [2.24, 2.45) is 0 Å². The average molecular weight is 416 g/mol. The van der Waals surface area contributed by atoms with E-state index in [1.807, 2.05) is 0 Å². The van der Waals surface area contributed by atoms with Gasteiger partial charge in [-0.05, 0) is 24.3 Å². The van der Waals surface area contributed by atoms with E-state index in [-0.39, 0.29) is 20.0 Å². The molecule has 124 valence electrons. The van der Waals surface area contributed by atoms with E-state index in [0.717, 1.165) is 6.07 Å². The molecule has 2 aromatic rings. The molecular weight excluding hydrogens is 407 g/mol. The standard InChI is InChI=1S/C12H9Cl3N2O4S2/c13-8-6-10(14)12(15)11(7-8)23(20,21)17-16-22(18,19)9-4-2-1-3-5-9/h1-7,16-17H. The van der Waals surface area contributed by atoms with Crippen LogP contribution in [0.1, 0.15) is 0 Å². The molecule has 0 aliphatic rings. The second-order valence-corrected chi connectivity index (χ2v) is 8.78. The fraction of sp³-hybridized carbons (Fsp3) is 0. The molecular formula is C12H9Cl3N2O4S2. The van der Waals surface area contributed by atoms with Gasteiger partial charge >= 0.3 is 0 Å². The molecule has 0 unspecified atom stereocenters. The van der Waals surface area contributed by atoms with Gasteiger partial charge in [-0.1, -0.05) is 53.0 Å². The normalized spacial score (nSPS) is 12.3. The molecule has 2 N–H and O–H groups in total. The van der Waals surface area contributed by atoms with Crippen LogP contribution < -0.4 is 9.66 Å². The summed E-state index contributed by atoms with van der Waals surface area (Å²) in [6.07, 6.45) is 0. The predicted octanol–water partition coefficient (Wildman–Crippen LogP) is 2.82. The number of halogens is 3. The Kier molecular flexibility index (Phi) is 5.57. The summed E-state index contributed by atoms with van der Waals surface area (Å²) < 4.78 is 48.4. The van der Waals surface area contributed by atoms with E-state index in [1.54, 1.807) is 15.7 Å². The zero-order valence-corrected chi connectivity index (χ0v) is 15.0. The minimum Gasteiger partial charge on any atom is -0.206 e. The van der Waals surface area contributed by atoms with E-state index in [9.17, 15) is 16.8 Å². The molecule has 0 spiro atoms. The van der Waals surface area contributed by atoms with Gasteiger partial charge in [0.15, 0.2) is 0 Å². The molecule has 0 aliphatic heterocycles. The van der Waals surface area contributed by atoms with Crippen LogP contribution in [0.3, 0.4) is 0 Å². The minimum atomic E-state index is -4.32. The number of sulfonamides is 2. The number of nitrogens with one attached hydrogen (secondary N) is 2. The Bertz CT molecular complexity index is 932. The lowest BCUT2D eigenvalue weighted by Gasteiger charge is -2.11. The van der Waals surface area contributed by atoms with Gasteiger partial charge in [-0.3, -0.25) is 0 Å². The van der Waals surface area contributed by atoms with Crippen LogP contribution in [0.4, 0.5) is 0 Å². The smallest absolute Gasteiger partial charge is 0.206 e. The third kappa shape index (κ3) is 4.36. The Labute approximate surface area is 148 Å². The summed E-state index contributed by atoms with van der Waals surface area (Å²) >= 11 is 17.3.